The van der Waals surface area contributed by atoms with E-state index in [1.807, 2.05) is 24.0 Å². The molecule has 2 saturated heterocycles. The Kier molecular flexibility index (Phi) is 7.95. The van der Waals surface area contributed by atoms with Crippen LogP contribution in [-0.4, -0.2) is 85.0 Å². The monoisotopic (exact) mass is 529 g/mol. The second kappa shape index (κ2) is 10.3. The topological polar surface area (TPSA) is 51.2 Å². The van der Waals surface area contributed by atoms with Crippen molar-refractivity contribution in [2.75, 3.05) is 46.3 Å². The van der Waals surface area contributed by atoms with E-state index in [-0.39, 0.29) is 53.7 Å². The van der Waals surface area contributed by atoms with Gasteiger partial charge in [0.25, 0.3) is 0 Å². The van der Waals surface area contributed by atoms with Crippen molar-refractivity contribution in [1.29, 1.82) is 0 Å². The number of piperazine rings is 1. The van der Waals surface area contributed by atoms with Crippen molar-refractivity contribution in [3.63, 3.8) is 0 Å². The molecule has 4 rings (SSSR count). The molecular weight excluding hydrogens is 496 g/mol. The molecule has 1 saturated carbocycles. The van der Waals surface area contributed by atoms with Gasteiger partial charge in [0.2, 0.25) is 5.91 Å². The average molecular weight is 529 g/mol. The Labute approximate surface area is 195 Å². The van der Waals surface area contributed by atoms with Crippen LogP contribution in [0.15, 0.2) is 29.3 Å². The molecule has 3 aliphatic rings. The number of halogens is 2. The Morgan fingerprint density at radius 1 is 1.10 bits per heavy atom. The van der Waals surface area contributed by atoms with Gasteiger partial charge in [-0.2, -0.15) is 0 Å². The van der Waals surface area contributed by atoms with Crippen LogP contribution in [0, 0.1) is 5.82 Å². The minimum absolute atomic E-state index is 0. The molecule has 30 heavy (non-hydrogen) atoms. The van der Waals surface area contributed by atoms with E-state index in [1.54, 1.807) is 13.1 Å². The van der Waals surface area contributed by atoms with E-state index in [2.05, 4.69) is 20.1 Å². The van der Waals surface area contributed by atoms with E-state index >= 15 is 0 Å². The van der Waals surface area contributed by atoms with E-state index in [0.717, 1.165) is 70.1 Å². The van der Waals surface area contributed by atoms with Crippen molar-refractivity contribution in [3.8, 4) is 0 Å². The third-order valence-corrected chi connectivity index (χ3v) is 6.56. The molecule has 1 amide bonds. The number of nitrogens with one attached hydrogen (secondary N) is 1. The van der Waals surface area contributed by atoms with Crippen LogP contribution in [0.4, 0.5) is 4.39 Å². The average Bonchev–Trinajstić information content (AvgIpc) is 3.28. The lowest BCUT2D eigenvalue weighted by Crippen LogP contribution is -2.57. The lowest BCUT2D eigenvalue weighted by Gasteiger charge is -2.39. The fourth-order valence-electron chi connectivity index (χ4n) is 4.62. The number of guanidine groups is 1. The minimum atomic E-state index is -0.123. The molecule has 0 radical (unpaired) electrons. The van der Waals surface area contributed by atoms with Crippen LogP contribution in [0.1, 0.15) is 37.7 Å². The maximum Gasteiger partial charge on any atom is 0.239 e. The van der Waals surface area contributed by atoms with Gasteiger partial charge in [-0.05, 0) is 37.8 Å². The van der Waals surface area contributed by atoms with Crippen LogP contribution in [-0.2, 0) is 4.79 Å². The molecule has 1 aromatic rings. The highest BCUT2D eigenvalue weighted by Crippen LogP contribution is 2.41. The predicted octanol–water partition coefficient (Wildman–Crippen LogP) is 2.50. The zero-order chi connectivity index (χ0) is 20.4. The van der Waals surface area contributed by atoms with Crippen LogP contribution in [0.5, 0.6) is 0 Å². The van der Waals surface area contributed by atoms with Gasteiger partial charge in [-0.25, -0.2) is 4.39 Å². The number of amides is 1. The molecule has 2 heterocycles. The molecule has 1 aromatic carbocycles. The van der Waals surface area contributed by atoms with Crippen molar-refractivity contribution in [2.45, 2.75) is 44.2 Å². The van der Waals surface area contributed by atoms with E-state index in [4.69, 9.17) is 0 Å². The molecule has 8 heteroatoms. The Morgan fingerprint density at radius 3 is 2.40 bits per heavy atom. The molecule has 0 bridgehead atoms. The first-order valence-electron chi connectivity index (χ1n) is 10.8. The minimum Gasteiger partial charge on any atom is -0.353 e. The summed E-state index contributed by atoms with van der Waals surface area (Å²) >= 11 is 0. The predicted molar refractivity (Wildman–Crippen MR) is 128 cm³/mol. The molecule has 1 aliphatic carbocycles. The largest absolute Gasteiger partial charge is 0.353 e. The van der Waals surface area contributed by atoms with Crippen LogP contribution in [0.3, 0.4) is 0 Å². The van der Waals surface area contributed by atoms with Crippen LogP contribution in [0.25, 0.3) is 0 Å². The molecule has 1 N–H and O–H groups in total. The summed E-state index contributed by atoms with van der Waals surface area (Å²) in [6.45, 7) is 7.23. The second-order valence-electron chi connectivity index (χ2n) is 8.39. The van der Waals surface area contributed by atoms with Crippen molar-refractivity contribution in [3.05, 3.63) is 35.6 Å². The molecule has 0 aromatic heterocycles. The lowest BCUT2D eigenvalue weighted by atomic mass is 10.1. The maximum atomic E-state index is 14.0. The standard InChI is InChI=1S/C22H32FN5O.HI/c1-16(21(29)27-9-5-6-10-27)26-11-13-28(14-12-26)22(24-2)25-20-15-18(20)17-7-3-4-8-19(17)23;/h3-4,7-8,16,18,20H,5-6,9-15H2,1-2H3,(H,24,25);1H. The number of carbonyl (C=O) groups excluding carboxylic acids is 1. The van der Waals surface area contributed by atoms with Gasteiger partial charge in [-0.15, -0.1) is 24.0 Å². The van der Waals surface area contributed by atoms with Crippen LogP contribution in [0.2, 0.25) is 0 Å². The summed E-state index contributed by atoms with van der Waals surface area (Å²) in [7, 11) is 1.80. The van der Waals surface area contributed by atoms with Crippen LogP contribution >= 0.6 is 24.0 Å². The Bertz CT molecular complexity index is 762. The number of hydrogen-bond acceptors (Lipinski definition) is 3. The normalized spacial score (nSPS) is 25.6. The highest BCUT2D eigenvalue weighted by atomic mass is 127. The van der Waals surface area contributed by atoms with Crippen molar-refractivity contribution >= 4 is 35.8 Å². The maximum absolute atomic E-state index is 14.0. The van der Waals surface area contributed by atoms with Gasteiger partial charge in [0, 0.05) is 58.3 Å². The van der Waals surface area contributed by atoms with Gasteiger partial charge in [-0.3, -0.25) is 14.7 Å². The Balaban J connectivity index is 0.00000256. The lowest BCUT2D eigenvalue weighted by molar-refractivity contribution is -0.135. The molecule has 3 atom stereocenters. The number of hydrogen-bond donors (Lipinski definition) is 1. The smallest absolute Gasteiger partial charge is 0.239 e. The van der Waals surface area contributed by atoms with Crippen LogP contribution < -0.4 is 5.32 Å². The number of likely N-dealkylation sites (tertiary alicyclic amines) is 1. The molecular formula is C22H33FIN5O. The van der Waals surface area contributed by atoms with E-state index in [1.165, 1.54) is 6.07 Å². The Morgan fingerprint density at radius 2 is 1.77 bits per heavy atom. The summed E-state index contributed by atoms with van der Waals surface area (Å²) in [5.41, 5.74) is 0.791. The first-order chi connectivity index (χ1) is 14.1. The molecule has 3 fully saturated rings. The quantitative estimate of drug-likeness (QED) is 0.370. The third-order valence-electron chi connectivity index (χ3n) is 6.56. The summed E-state index contributed by atoms with van der Waals surface area (Å²) in [6.07, 6.45) is 3.19. The van der Waals surface area contributed by atoms with Crippen molar-refractivity contribution in [2.24, 2.45) is 4.99 Å². The number of benzene rings is 1. The summed E-state index contributed by atoms with van der Waals surface area (Å²) in [6, 6.07) is 7.22. The SMILES string of the molecule is CN=C(NC1CC1c1ccccc1F)N1CCN(C(C)C(=O)N2CCCC2)CC1.I. The number of aliphatic imine (C=N–C) groups is 1. The highest BCUT2D eigenvalue weighted by Gasteiger charge is 2.41. The Hall–Kier alpha value is -1.42. The molecule has 0 spiro atoms. The number of carbonyl (C=O) groups is 1. The third kappa shape index (κ3) is 5.07. The van der Waals surface area contributed by atoms with Gasteiger partial charge in [0.15, 0.2) is 5.96 Å². The fraction of sp³-hybridized carbons (Fsp3) is 0.636. The molecule has 3 unspecified atom stereocenters. The number of nitrogens with zero attached hydrogens (tertiary/aromatic N) is 4. The van der Waals surface area contributed by atoms with Gasteiger partial charge in [0.1, 0.15) is 5.82 Å². The fourth-order valence-corrected chi connectivity index (χ4v) is 4.62. The molecule has 6 nitrogen and oxygen atoms in total. The summed E-state index contributed by atoms with van der Waals surface area (Å²) < 4.78 is 14.0. The van der Waals surface area contributed by atoms with Gasteiger partial charge in [0.05, 0.1) is 6.04 Å². The van der Waals surface area contributed by atoms with E-state index in [9.17, 15) is 9.18 Å². The van der Waals surface area contributed by atoms with Crippen molar-refractivity contribution in [1.82, 2.24) is 20.0 Å². The summed E-state index contributed by atoms with van der Waals surface area (Å²) in [5.74, 6) is 1.24. The zero-order valence-electron chi connectivity index (χ0n) is 17.9. The van der Waals surface area contributed by atoms with E-state index in [0.29, 0.717) is 0 Å². The molecule has 166 valence electrons. The first kappa shape index (κ1) is 23.2. The van der Waals surface area contributed by atoms with Gasteiger partial charge < -0.3 is 15.1 Å². The second-order valence-corrected chi connectivity index (χ2v) is 8.39. The first-order valence-corrected chi connectivity index (χ1v) is 10.8. The zero-order valence-corrected chi connectivity index (χ0v) is 20.2. The summed E-state index contributed by atoms with van der Waals surface area (Å²) in [5, 5.41) is 3.51. The van der Waals surface area contributed by atoms with E-state index < -0.39 is 0 Å². The molecule has 2 aliphatic heterocycles. The highest BCUT2D eigenvalue weighted by molar-refractivity contribution is 14.0. The van der Waals surface area contributed by atoms with Gasteiger partial charge >= 0.3 is 0 Å². The van der Waals surface area contributed by atoms with Gasteiger partial charge in [-0.1, -0.05) is 18.2 Å². The number of rotatable bonds is 4. The summed E-state index contributed by atoms with van der Waals surface area (Å²) in [4.78, 5) is 23.7. The van der Waals surface area contributed by atoms with Crippen molar-refractivity contribution < 1.29 is 9.18 Å².